The van der Waals surface area contributed by atoms with Crippen molar-refractivity contribution in [1.29, 1.82) is 0 Å². The quantitative estimate of drug-likeness (QED) is 0.783. The van der Waals surface area contributed by atoms with Crippen LogP contribution in [0.2, 0.25) is 0 Å². The first-order valence-corrected chi connectivity index (χ1v) is 7.88. The van der Waals surface area contributed by atoms with Gasteiger partial charge in [0.05, 0.1) is 18.0 Å². The number of rotatable bonds is 6. The fraction of sp³-hybridized carbons (Fsp3) is 0.294. The fourth-order valence-corrected chi connectivity index (χ4v) is 2.42. The van der Waals surface area contributed by atoms with Crippen molar-refractivity contribution in [1.82, 2.24) is 0 Å². The third-order valence-corrected chi connectivity index (χ3v) is 3.78. The normalized spacial score (nSPS) is 10.4. The zero-order valence-corrected chi connectivity index (χ0v) is 14.1. The van der Waals surface area contributed by atoms with Crippen LogP contribution in [0, 0.1) is 0 Å². The van der Waals surface area contributed by atoms with Gasteiger partial charge in [-0.2, -0.15) is 0 Å². The first kappa shape index (κ1) is 15.7. The van der Waals surface area contributed by atoms with Gasteiger partial charge in [-0.25, -0.2) is 0 Å². The smallest absolute Gasteiger partial charge is 0.144 e. The molecular weight excluding hydrogens is 328 g/mol. The van der Waals surface area contributed by atoms with Gasteiger partial charge in [-0.15, -0.1) is 0 Å². The van der Waals surface area contributed by atoms with E-state index in [0.29, 0.717) is 12.3 Å². The van der Waals surface area contributed by atoms with E-state index >= 15 is 0 Å². The van der Waals surface area contributed by atoms with Gasteiger partial charge >= 0.3 is 0 Å². The topological polar surface area (TPSA) is 38.5 Å². The molecular formula is C17H21BrN2O. The van der Waals surface area contributed by atoms with Crippen LogP contribution in [0.5, 0.6) is 5.75 Å². The largest absolute Gasteiger partial charge is 0.491 e. The molecule has 0 atom stereocenters. The minimum absolute atomic E-state index is 0.685. The van der Waals surface area contributed by atoms with Gasteiger partial charge in [0.2, 0.25) is 0 Å². The van der Waals surface area contributed by atoms with Crippen LogP contribution in [-0.2, 0) is 6.54 Å². The number of para-hydroxylation sites is 1. The van der Waals surface area contributed by atoms with Crippen LogP contribution in [0.1, 0.15) is 18.9 Å². The Bertz CT molecular complexity index is 584. The van der Waals surface area contributed by atoms with Crippen LogP contribution in [0.3, 0.4) is 0 Å². The molecule has 2 rings (SSSR count). The van der Waals surface area contributed by atoms with Crippen molar-refractivity contribution in [2.45, 2.75) is 19.9 Å². The third kappa shape index (κ3) is 4.14. The molecule has 3 nitrogen and oxygen atoms in total. The van der Waals surface area contributed by atoms with Crippen molar-refractivity contribution < 1.29 is 4.74 Å². The van der Waals surface area contributed by atoms with E-state index in [0.717, 1.165) is 28.9 Å². The second kappa shape index (κ2) is 7.36. The molecule has 2 aromatic rings. The predicted octanol–water partition coefficient (Wildman–Crippen LogP) is 4.46. The molecule has 0 aliphatic rings. The molecule has 0 aliphatic carbocycles. The van der Waals surface area contributed by atoms with E-state index in [4.69, 9.17) is 10.5 Å². The van der Waals surface area contributed by atoms with Crippen LogP contribution in [0.4, 0.5) is 11.4 Å². The summed E-state index contributed by atoms with van der Waals surface area (Å²) in [6.07, 6.45) is 0.971. The highest BCUT2D eigenvalue weighted by Gasteiger charge is 2.10. The third-order valence-electron chi connectivity index (χ3n) is 3.25. The monoisotopic (exact) mass is 348 g/mol. The highest BCUT2D eigenvalue weighted by molar-refractivity contribution is 9.10. The van der Waals surface area contributed by atoms with E-state index in [-0.39, 0.29) is 0 Å². The average Bonchev–Trinajstić information content (AvgIpc) is 2.48. The molecule has 2 aromatic carbocycles. The number of benzene rings is 2. The Labute approximate surface area is 134 Å². The maximum absolute atomic E-state index is 6.23. The van der Waals surface area contributed by atoms with Gasteiger partial charge in [0.15, 0.2) is 0 Å². The minimum Gasteiger partial charge on any atom is -0.491 e. The zero-order chi connectivity index (χ0) is 15.2. The van der Waals surface area contributed by atoms with Gasteiger partial charge in [-0.05, 0) is 36.2 Å². The maximum Gasteiger partial charge on any atom is 0.144 e. The molecule has 4 heteroatoms. The van der Waals surface area contributed by atoms with E-state index in [1.54, 1.807) is 0 Å². The number of nitrogen functional groups attached to an aromatic ring is 1. The van der Waals surface area contributed by atoms with Gasteiger partial charge in [-0.3, -0.25) is 0 Å². The SMILES string of the molecule is CCCOc1cccc(N(C)Cc2ccc(Br)cc2)c1N. The Kier molecular flexibility index (Phi) is 5.51. The number of nitrogens with two attached hydrogens (primary N) is 1. The highest BCUT2D eigenvalue weighted by atomic mass is 79.9. The molecule has 21 heavy (non-hydrogen) atoms. The van der Waals surface area contributed by atoms with Crippen molar-refractivity contribution in [3.05, 3.63) is 52.5 Å². The lowest BCUT2D eigenvalue weighted by atomic mass is 10.2. The van der Waals surface area contributed by atoms with Crippen molar-refractivity contribution in [2.75, 3.05) is 24.3 Å². The van der Waals surface area contributed by atoms with Gasteiger partial charge in [0.1, 0.15) is 5.75 Å². The first-order valence-electron chi connectivity index (χ1n) is 7.08. The molecule has 0 unspecified atom stereocenters. The predicted molar refractivity (Wildman–Crippen MR) is 92.9 cm³/mol. The van der Waals surface area contributed by atoms with Gasteiger partial charge in [0, 0.05) is 18.1 Å². The Hall–Kier alpha value is -1.68. The van der Waals surface area contributed by atoms with Gasteiger partial charge < -0.3 is 15.4 Å². The van der Waals surface area contributed by atoms with Crippen LogP contribution in [0.25, 0.3) is 0 Å². The molecule has 0 amide bonds. The Morgan fingerprint density at radius 3 is 2.52 bits per heavy atom. The molecule has 0 aromatic heterocycles. The first-order chi connectivity index (χ1) is 10.1. The Balaban J connectivity index is 2.14. The van der Waals surface area contributed by atoms with Gasteiger partial charge in [-0.1, -0.05) is 41.1 Å². The summed E-state index contributed by atoms with van der Waals surface area (Å²) in [5, 5.41) is 0. The number of hydrogen-bond acceptors (Lipinski definition) is 3. The molecule has 0 saturated heterocycles. The van der Waals surface area contributed by atoms with E-state index in [1.807, 2.05) is 37.4 Å². The summed E-state index contributed by atoms with van der Waals surface area (Å²) in [7, 11) is 2.04. The molecule has 2 N–H and O–H groups in total. The second-order valence-electron chi connectivity index (χ2n) is 5.02. The van der Waals surface area contributed by atoms with Crippen molar-refractivity contribution in [2.24, 2.45) is 0 Å². The number of halogens is 1. The zero-order valence-electron chi connectivity index (χ0n) is 12.5. The highest BCUT2D eigenvalue weighted by Crippen LogP contribution is 2.32. The molecule has 0 saturated carbocycles. The number of ether oxygens (including phenoxy) is 1. The summed E-state index contributed by atoms with van der Waals surface area (Å²) in [5.41, 5.74) is 9.16. The molecule has 0 heterocycles. The summed E-state index contributed by atoms with van der Waals surface area (Å²) >= 11 is 3.45. The number of hydrogen-bond donors (Lipinski definition) is 1. The van der Waals surface area contributed by atoms with Crippen LogP contribution in [-0.4, -0.2) is 13.7 Å². The fourth-order valence-electron chi connectivity index (χ4n) is 2.15. The van der Waals surface area contributed by atoms with Gasteiger partial charge in [0.25, 0.3) is 0 Å². The van der Waals surface area contributed by atoms with Crippen molar-refractivity contribution >= 4 is 27.3 Å². The maximum atomic E-state index is 6.23. The number of nitrogens with zero attached hydrogens (tertiary/aromatic N) is 1. The molecule has 0 bridgehead atoms. The van der Waals surface area contributed by atoms with E-state index in [2.05, 4.69) is 39.9 Å². The summed E-state index contributed by atoms with van der Waals surface area (Å²) in [6, 6.07) is 14.2. The lowest BCUT2D eigenvalue weighted by Crippen LogP contribution is -2.18. The molecule has 0 fully saturated rings. The van der Waals surface area contributed by atoms with E-state index in [1.165, 1.54) is 5.56 Å². The summed E-state index contributed by atoms with van der Waals surface area (Å²) in [6.45, 7) is 3.57. The van der Waals surface area contributed by atoms with E-state index < -0.39 is 0 Å². The summed E-state index contributed by atoms with van der Waals surface area (Å²) in [4.78, 5) is 2.14. The molecule has 112 valence electrons. The molecule has 0 spiro atoms. The summed E-state index contributed by atoms with van der Waals surface area (Å²) in [5.74, 6) is 0.761. The average molecular weight is 349 g/mol. The minimum atomic E-state index is 0.685. The van der Waals surface area contributed by atoms with E-state index in [9.17, 15) is 0 Å². The van der Waals surface area contributed by atoms with Crippen molar-refractivity contribution in [3.8, 4) is 5.75 Å². The number of anilines is 2. The Morgan fingerprint density at radius 1 is 1.14 bits per heavy atom. The summed E-state index contributed by atoms with van der Waals surface area (Å²) < 4.78 is 6.77. The van der Waals surface area contributed by atoms with Crippen LogP contribution in [0.15, 0.2) is 46.9 Å². The lowest BCUT2D eigenvalue weighted by molar-refractivity contribution is 0.319. The van der Waals surface area contributed by atoms with Crippen LogP contribution < -0.4 is 15.4 Å². The second-order valence-corrected chi connectivity index (χ2v) is 5.94. The standard InChI is InChI=1S/C17H21BrN2O/c1-3-11-21-16-6-4-5-15(17(16)19)20(2)12-13-7-9-14(18)10-8-13/h4-10H,3,11-12,19H2,1-2H3. The van der Waals surface area contributed by atoms with Crippen LogP contribution >= 0.6 is 15.9 Å². The lowest BCUT2D eigenvalue weighted by Gasteiger charge is -2.22. The van der Waals surface area contributed by atoms with Crippen molar-refractivity contribution in [3.63, 3.8) is 0 Å². The molecule has 0 aliphatic heterocycles. The molecule has 0 radical (unpaired) electrons. The Morgan fingerprint density at radius 2 is 1.86 bits per heavy atom.